The van der Waals surface area contributed by atoms with Crippen molar-refractivity contribution in [2.75, 3.05) is 0 Å². The average molecular weight is 363 g/mol. The Balaban J connectivity index is 3.21. The molecule has 0 rings (SSSR count). The summed E-state index contributed by atoms with van der Waals surface area (Å²) in [5.41, 5.74) is 0. The minimum absolute atomic E-state index is 0.938. The van der Waals surface area contributed by atoms with Crippen LogP contribution < -0.4 is 0 Å². The van der Waals surface area contributed by atoms with Crippen LogP contribution in [0, 0.1) is 19.8 Å². The maximum Gasteiger partial charge on any atom is -0.0348 e. The highest BCUT2D eigenvalue weighted by Crippen LogP contribution is 2.20. The zero-order valence-corrected chi connectivity index (χ0v) is 18.3. The van der Waals surface area contributed by atoms with Gasteiger partial charge in [0.1, 0.15) is 0 Å². The molecule has 0 aromatic rings. The molecule has 154 valence electrons. The maximum absolute atomic E-state index is 3.91. The molecule has 0 aliphatic rings. The number of rotatable bonds is 21. The van der Waals surface area contributed by atoms with E-state index >= 15 is 0 Å². The molecule has 0 heteroatoms. The van der Waals surface area contributed by atoms with Crippen LogP contribution in [0.25, 0.3) is 0 Å². The van der Waals surface area contributed by atoms with Crippen molar-refractivity contribution < 1.29 is 0 Å². The van der Waals surface area contributed by atoms with Gasteiger partial charge in [-0.15, -0.1) is 0 Å². The monoisotopic (exact) mass is 362 g/mol. The second-order valence-corrected chi connectivity index (χ2v) is 8.20. The highest BCUT2D eigenvalue weighted by atomic mass is 14.1. The molecular formula is C26H50. The van der Waals surface area contributed by atoms with Crippen LogP contribution in [-0.4, -0.2) is 0 Å². The Hall–Kier alpha value is -0.260. The Bertz CT molecular complexity index is 265. The Labute approximate surface area is 167 Å². The number of hydrogen-bond acceptors (Lipinski definition) is 0. The van der Waals surface area contributed by atoms with Crippen molar-refractivity contribution in [1.29, 1.82) is 0 Å². The molecule has 0 fully saturated rings. The van der Waals surface area contributed by atoms with Gasteiger partial charge < -0.3 is 0 Å². The van der Waals surface area contributed by atoms with Gasteiger partial charge in [-0.1, -0.05) is 135 Å². The van der Waals surface area contributed by atoms with Gasteiger partial charge in [0.25, 0.3) is 0 Å². The third-order valence-electron chi connectivity index (χ3n) is 5.76. The molecule has 0 aliphatic carbocycles. The summed E-state index contributed by atoms with van der Waals surface area (Å²) in [4.78, 5) is 0. The Morgan fingerprint density at radius 1 is 0.577 bits per heavy atom. The lowest BCUT2D eigenvalue weighted by Gasteiger charge is -2.13. The third-order valence-corrected chi connectivity index (χ3v) is 5.76. The molecule has 0 saturated heterocycles. The van der Waals surface area contributed by atoms with Gasteiger partial charge in [-0.3, -0.25) is 0 Å². The van der Waals surface area contributed by atoms with Gasteiger partial charge in [0.15, 0.2) is 0 Å². The summed E-state index contributed by atoms with van der Waals surface area (Å²) in [6.45, 7) is 10.1. The summed E-state index contributed by atoms with van der Waals surface area (Å²) >= 11 is 0. The van der Waals surface area contributed by atoms with E-state index in [0.29, 0.717) is 0 Å². The second-order valence-electron chi connectivity index (χ2n) is 8.20. The largest absolute Gasteiger partial charge is 0.0885 e. The van der Waals surface area contributed by atoms with E-state index in [1.807, 2.05) is 0 Å². The lowest BCUT2D eigenvalue weighted by molar-refractivity contribution is 0.414. The highest BCUT2D eigenvalue weighted by molar-refractivity contribution is 4.82. The summed E-state index contributed by atoms with van der Waals surface area (Å²) < 4.78 is 0. The van der Waals surface area contributed by atoms with E-state index in [2.05, 4.69) is 32.9 Å². The molecule has 0 amide bonds. The summed E-state index contributed by atoms with van der Waals surface area (Å²) in [5.74, 6) is 0.947. The maximum atomic E-state index is 3.91. The molecule has 0 bridgehead atoms. The van der Waals surface area contributed by atoms with Crippen molar-refractivity contribution in [3.05, 3.63) is 26.0 Å². The number of hydrogen-bond donors (Lipinski definition) is 0. The minimum Gasteiger partial charge on any atom is -0.0885 e. The molecule has 0 N–H and O–H groups in total. The van der Waals surface area contributed by atoms with Gasteiger partial charge in [0.2, 0.25) is 0 Å². The van der Waals surface area contributed by atoms with Crippen LogP contribution in [0.3, 0.4) is 0 Å². The van der Waals surface area contributed by atoms with E-state index in [9.17, 15) is 0 Å². The molecule has 0 nitrogen and oxygen atoms in total. The van der Waals surface area contributed by atoms with Crippen LogP contribution in [0.5, 0.6) is 0 Å². The minimum atomic E-state index is 0.938. The highest BCUT2D eigenvalue weighted by Gasteiger charge is 2.04. The molecule has 0 spiro atoms. The topological polar surface area (TPSA) is 0 Å². The van der Waals surface area contributed by atoms with Crippen molar-refractivity contribution in [2.24, 2.45) is 5.92 Å². The van der Waals surface area contributed by atoms with Crippen molar-refractivity contribution in [2.45, 2.75) is 135 Å². The Morgan fingerprint density at radius 2 is 1.04 bits per heavy atom. The van der Waals surface area contributed by atoms with Crippen molar-refractivity contribution >= 4 is 0 Å². The lowest BCUT2D eigenvalue weighted by atomic mass is 9.93. The smallest absolute Gasteiger partial charge is 0.0348 e. The second kappa shape index (κ2) is 22.8. The molecule has 2 radical (unpaired) electrons. The van der Waals surface area contributed by atoms with E-state index in [1.54, 1.807) is 0 Å². The number of allylic oxidation sites excluding steroid dienone is 2. The van der Waals surface area contributed by atoms with E-state index < -0.39 is 0 Å². The van der Waals surface area contributed by atoms with Gasteiger partial charge in [-0.05, 0) is 32.1 Å². The van der Waals surface area contributed by atoms with E-state index in [0.717, 1.165) is 18.8 Å². The van der Waals surface area contributed by atoms with Crippen LogP contribution in [0.2, 0.25) is 0 Å². The van der Waals surface area contributed by atoms with E-state index in [-0.39, 0.29) is 0 Å². The average Bonchev–Trinajstić information content (AvgIpc) is 2.66. The first kappa shape index (κ1) is 25.7. The SMILES string of the molecule is [CH2]CC=CCCC(CC)CCCCCCCCCCCCCCCC[CH2]. The molecule has 1 atom stereocenters. The van der Waals surface area contributed by atoms with Gasteiger partial charge in [0, 0.05) is 0 Å². The van der Waals surface area contributed by atoms with Crippen molar-refractivity contribution in [3.8, 4) is 0 Å². The zero-order valence-electron chi connectivity index (χ0n) is 18.3. The molecule has 0 aromatic heterocycles. The van der Waals surface area contributed by atoms with Gasteiger partial charge in [-0.2, -0.15) is 0 Å². The first-order valence-corrected chi connectivity index (χ1v) is 12.1. The van der Waals surface area contributed by atoms with Crippen LogP contribution in [0.15, 0.2) is 12.2 Å². The quantitative estimate of drug-likeness (QED) is 0.141. The molecule has 0 aliphatic heterocycles. The number of unbranched alkanes of at least 4 members (excludes halogenated alkanes) is 14. The third kappa shape index (κ3) is 20.1. The van der Waals surface area contributed by atoms with Crippen LogP contribution in [0.4, 0.5) is 0 Å². The predicted molar refractivity (Wildman–Crippen MR) is 121 cm³/mol. The standard InChI is InChI=1S/C26H50/c1-4-7-9-11-12-13-14-15-16-17-18-19-20-21-23-25-26(6-3)24-22-10-8-5-2/h8,10,26H,1-2,4-7,9,11-25H2,3H3. The molecule has 0 aromatic carbocycles. The first-order valence-electron chi connectivity index (χ1n) is 12.1. The van der Waals surface area contributed by atoms with E-state index in [1.165, 1.54) is 116 Å². The van der Waals surface area contributed by atoms with E-state index in [4.69, 9.17) is 0 Å². The fourth-order valence-corrected chi connectivity index (χ4v) is 3.85. The molecule has 0 heterocycles. The summed E-state index contributed by atoms with van der Waals surface area (Å²) in [7, 11) is 0. The zero-order chi connectivity index (χ0) is 19.1. The van der Waals surface area contributed by atoms with Gasteiger partial charge in [0.05, 0.1) is 0 Å². The fourth-order valence-electron chi connectivity index (χ4n) is 3.85. The van der Waals surface area contributed by atoms with Crippen molar-refractivity contribution in [3.63, 3.8) is 0 Å². The summed E-state index contributed by atoms with van der Waals surface area (Å²) in [6.07, 6.45) is 32.3. The fraction of sp³-hybridized carbons (Fsp3) is 0.846. The predicted octanol–water partition coefficient (Wildman–Crippen LogP) is 9.65. The lowest BCUT2D eigenvalue weighted by Crippen LogP contribution is -1.98. The van der Waals surface area contributed by atoms with Crippen LogP contribution in [-0.2, 0) is 0 Å². The van der Waals surface area contributed by atoms with Crippen LogP contribution in [0.1, 0.15) is 135 Å². The summed E-state index contributed by atoms with van der Waals surface area (Å²) in [5, 5.41) is 0. The van der Waals surface area contributed by atoms with Gasteiger partial charge >= 0.3 is 0 Å². The first-order chi connectivity index (χ1) is 12.8. The molecule has 1 unspecified atom stereocenters. The Kier molecular flexibility index (Phi) is 22.6. The summed E-state index contributed by atoms with van der Waals surface area (Å²) in [6, 6.07) is 0. The van der Waals surface area contributed by atoms with Crippen molar-refractivity contribution in [1.82, 2.24) is 0 Å². The Morgan fingerprint density at radius 3 is 1.46 bits per heavy atom. The van der Waals surface area contributed by atoms with Gasteiger partial charge in [-0.25, -0.2) is 0 Å². The molecule has 0 saturated carbocycles. The normalized spacial score (nSPS) is 12.9. The molecular weight excluding hydrogens is 312 g/mol. The van der Waals surface area contributed by atoms with Crippen LogP contribution >= 0.6 is 0 Å². The molecule has 26 heavy (non-hydrogen) atoms.